The molecule has 1 aromatic rings. The number of thioether (sulfide) groups is 1. The van der Waals surface area contributed by atoms with E-state index in [2.05, 4.69) is 5.32 Å². The van der Waals surface area contributed by atoms with Crippen molar-refractivity contribution >= 4 is 29.3 Å². The van der Waals surface area contributed by atoms with E-state index < -0.39 is 6.04 Å². The Balaban J connectivity index is 1.77. The van der Waals surface area contributed by atoms with Crippen LogP contribution in [0.15, 0.2) is 24.3 Å². The summed E-state index contributed by atoms with van der Waals surface area (Å²) in [5, 5.41) is 11.7. The molecule has 2 saturated heterocycles. The van der Waals surface area contributed by atoms with Crippen molar-refractivity contribution < 1.29 is 9.59 Å². The third-order valence-electron chi connectivity index (χ3n) is 4.01. The normalized spacial score (nSPS) is 27.3. The highest BCUT2D eigenvalue weighted by molar-refractivity contribution is 8.01. The lowest BCUT2D eigenvalue weighted by Crippen LogP contribution is -2.48. The van der Waals surface area contributed by atoms with E-state index in [0.29, 0.717) is 23.4 Å². The molecule has 2 fully saturated rings. The summed E-state index contributed by atoms with van der Waals surface area (Å²) < 4.78 is 0. The number of nitriles is 1. The van der Waals surface area contributed by atoms with Gasteiger partial charge >= 0.3 is 0 Å². The van der Waals surface area contributed by atoms with Gasteiger partial charge in [0, 0.05) is 17.9 Å². The first-order valence-electron chi connectivity index (χ1n) is 6.81. The molecule has 2 aliphatic heterocycles. The van der Waals surface area contributed by atoms with Crippen molar-refractivity contribution in [3.8, 4) is 6.07 Å². The quantitative estimate of drug-likeness (QED) is 0.906. The van der Waals surface area contributed by atoms with Crippen molar-refractivity contribution in [2.24, 2.45) is 0 Å². The van der Waals surface area contributed by atoms with Crippen LogP contribution < -0.4 is 5.32 Å². The maximum Gasteiger partial charge on any atom is 0.248 e. The van der Waals surface area contributed by atoms with Crippen LogP contribution in [0.5, 0.6) is 0 Å². The van der Waals surface area contributed by atoms with E-state index >= 15 is 0 Å². The molecule has 0 saturated carbocycles. The van der Waals surface area contributed by atoms with Gasteiger partial charge in [-0.15, -0.1) is 11.8 Å². The van der Waals surface area contributed by atoms with Crippen molar-refractivity contribution in [2.75, 3.05) is 11.1 Å². The Labute approximate surface area is 127 Å². The number of nitrogens with one attached hydrogen (secondary N) is 1. The van der Waals surface area contributed by atoms with Gasteiger partial charge in [-0.25, -0.2) is 0 Å². The summed E-state index contributed by atoms with van der Waals surface area (Å²) in [5.74, 6) is 0.483. The Morgan fingerprint density at radius 1 is 1.57 bits per heavy atom. The predicted octanol–water partition coefficient (Wildman–Crippen LogP) is 1.95. The van der Waals surface area contributed by atoms with Gasteiger partial charge in [0.15, 0.2) is 0 Å². The SMILES string of the molecule is C[C@@]12CCC(=O)N1[C@H](C(=O)Nc1cccc(C#N)c1)CS2. The fraction of sp³-hybridized carbons (Fsp3) is 0.400. The van der Waals surface area contributed by atoms with Gasteiger partial charge in [-0.3, -0.25) is 9.59 Å². The molecule has 0 radical (unpaired) electrons. The Hall–Kier alpha value is -2.00. The number of hydrogen-bond donors (Lipinski definition) is 1. The minimum Gasteiger partial charge on any atom is -0.324 e. The monoisotopic (exact) mass is 301 g/mol. The number of nitrogens with zero attached hydrogens (tertiary/aromatic N) is 2. The zero-order valence-corrected chi connectivity index (χ0v) is 12.4. The number of amides is 2. The number of fused-ring (bicyclic) bond motifs is 1. The number of carbonyl (C=O) groups is 2. The van der Waals surface area contributed by atoms with Gasteiger partial charge in [0.1, 0.15) is 6.04 Å². The zero-order valence-electron chi connectivity index (χ0n) is 11.6. The van der Waals surface area contributed by atoms with Crippen LogP contribution in [0.2, 0.25) is 0 Å². The minimum absolute atomic E-state index is 0.0495. The van der Waals surface area contributed by atoms with Crippen molar-refractivity contribution in [3.63, 3.8) is 0 Å². The minimum atomic E-state index is -0.430. The van der Waals surface area contributed by atoms with E-state index in [-0.39, 0.29) is 16.7 Å². The molecule has 0 aromatic heterocycles. The Kier molecular flexibility index (Phi) is 3.38. The molecule has 2 amide bonds. The van der Waals surface area contributed by atoms with Crippen LogP contribution in [0, 0.1) is 11.3 Å². The van der Waals surface area contributed by atoms with Crippen molar-refractivity contribution in [2.45, 2.75) is 30.7 Å². The highest BCUT2D eigenvalue weighted by atomic mass is 32.2. The Morgan fingerprint density at radius 3 is 3.14 bits per heavy atom. The smallest absolute Gasteiger partial charge is 0.248 e. The van der Waals surface area contributed by atoms with Crippen molar-refractivity contribution in [1.29, 1.82) is 5.26 Å². The first-order valence-corrected chi connectivity index (χ1v) is 7.79. The highest BCUT2D eigenvalue weighted by Crippen LogP contribution is 2.47. The number of rotatable bonds is 2. The average Bonchev–Trinajstić information content (AvgIpc) is 2.96. The lowest BCUT2D eigenvalue weighted by atomic mass is 10.2. The van der Waals surface area contributed by atoms with E-state index in [9.17, 15) is 9.59 Å². The van der Waals surface area contributed by atoms with E-state index in [1.807, 2.05) is 13.0 Å². The molecule has 0 unspecified atom stereocenters. The first kappa shape index (κ1) is 14.0. The standard InChI is InChI=1S/C15H15N3O2S/c1-15-6-5-13(19)18(15)12(9-21-15)14(20)17-11-4-2-3-10(7-11)8-16/h2-4,7,12H,5-6,9H2,1H3,(H,17,20)/t12-,15+/m0/s1. The largest absolute Gasteiger partial charge is 0.324 e. The van der Waals surface area contributed by atoms with Crippen LogP contribution >= 0.6 is 11.8 Å². The number of carbonyl (C=O) groups excluding carboxylic acids is 2. The third-order valence-corrected chi connectivity index (χ3v) is 5.51. The molecule has 2 aliphatic rings. The molecule has 2 atom stereocenters. The molecule has 0 spiro atoms. The fourth-order valence-corrected chi connectivity index (χ4v) is 4.34. The van der Waals surface area contributed by atoms with E-state index in [1.165, 1.54) is 0 Å². The fourth-order valence-electron chi connectivity index (χ4n) is 2.91. The van der Waals surface area contributed by atoms with Crippen molar-refractivity contribution in [1.82, 2.24) is 4.90 Å². The van der Waals surface area contributed by atoms with E-state index in [4.69, 9.17) is 5.26 Å². The lowest BCUT2D eigenvalue weighted by Gasteiger charge is -2.29. The van der Waals surface area contributed by atoms with Crippen LogP contribution in [0.1, 0.15) is 25.3 Å². The molecule has 6 heteroatoms. The molecule has 0 bridgehead atoms. The maximum atomic E-state index is 12.4. The Morgan fingerprint density at radius 2 is 2.38 bits per heavy atom. The van der Waals surface area contributed by atoms with Crippen LogP contribution in [-0.4, -0.2) is 33.4 Å². The van der Waals surface area contributed by atoms with Crippen LogP contribution in [-0.2, 0) is 9.59 Å². The lowest BCUT2D eigenvalue weighted by molar-refractivity contribution is -0.135. The van der Waals surface area contributed by atoms with Crippen LogP contribution in [0.4, 0.5) is 5.69 Å². The van der Waals surface area contributed by atoms with Crippen molar-refractivity contribution in [3.05, 3.63) is 29.8 Å². The second-order valence-corrected chi connectivity index (χ2v) is 6.95. The highest BCUT2D eigenvalue weighted by Gasteiger charge is 2.52. The van der Waals surface area contributed by atoms with Gasteiger partial charge in [0.25, 0.3) is 0 Å². The molecule has 108 valence electrons. The summed E-state index contributed by atoms with van der Waals surface area (Å²) in [6, 6.07) is 8.39. The third kappa shape index (κ3) is 2.38. The zero-order chi connectivity index (χ0) is 15.0. The molecular formula is C15H15N3O2S. The van der Waals surface area contributed by atoms with E-state index in [1.54, 1.807) is 40.9 Å². The molecule has 2 heterocycles. The predicted molar refractivity (Wildman–Crippen MR) is 80.5 cm³/mol. The van der Waals surface area contributed by atoms with Gasteiger partial charge < -0.3 is 10.2 Å². The molecule has 21 heavy (non-hydrogen) atoms. The Bertz CT molecular complexity index is 655. The van der Waals surface area contributed by atoms with E-state index in [0.717, 1.165) is 6.42 Å². The first-order chi connectivity index (χ1) is 10.0. The summed E-state index contributed by atoms with van der Waals surface area (Å²) in [6.45, 7) is 2.02. The summed E-state index contributed by atoms with van der Waals surface area (Å²) in [6.07, 6.45) is 1.31. The average molecular weight is 301 g/mol. The second kappa shape index (κ2) is 5.08. The summed E-state index contributed by atoms with van der Waals surface area (Å²) in [4.78, 5) is 25.9. The van der Waals surface area contributed by atoms with Gasteiger partial charge in [-0.1, -0.05) is 6.07 Å². The summed E-state index contributed by atoms with van der Waals surface area (Å²) >= 11 is 1.67. The second-order valence-electron chi connectivity index (χ2n) is 5.45. The number of hydrogen-bond acceptors (Lipinski definition) is 4. The summed E-state index contributed by atoms with van der Waals surface area (Å²) in [7, 11) is 0. The molecule has 3 rings (SSSR count). The number of anilines is 1. The van der Waals surface area contributed by atoms with Gasteiger partial charge in [0.2, 0.25) is 11.8 Å². The molecule has 5 nitrogen and oxygen atoms in total. The van der Waals surface area contributed by atoms with Crippen LogP contribution in [0.25, 0.3) is 0 Å². The summed E-state index contributed by atoms with van der Waals surface area (Å²) in [5.41, 5.74) is 1.08. The number of benzene rings is 1. The van der Waals surface area contributed by atoms with Crippen LogP contribution in [0.3, 0.4) is 0 Å². The maximum absolute atomic E-state index is 12.4. The molecule has 0 aliphatic carbocycles. The van der Waals surface area contributed by atoms with Gasteiger partial charge in [-0.2, -0.15) is 5.26 Å². The molecule has 1 aromatic carbocycles. The topological polar surface area (TPSA) is 73.2 Å². The molecule has 1 N–H and O–H groups in total. The van der Waals surface area contributed by atoms with Gasteiger partial charge in [0.05, 0.1) is 16.5 Å². The molecular weight excluding hydrogens is 286 g/mol. The van der Waals surface area contributed by atoms with Gasteiger partial charge in [-0.05, 0) is 31.5 Å².